The largest absolute Gasteiger partial charge is 0.496 e. The molecular weight excluding hydrogens is 484 g/mol. The summed E-state index contributed by atoms with van der Waals surface area (Å²) in [6, 6.07) is 14.5. The van der Waals surface area contributed by atoms with Crippen LogP contribution in [0.25, 0.3) is 0 Å². The number of rotatable bonds is 9. The third-order valence-corrected chi connectivity index (χ3v) is 8.04. The lowest BCUT2D eigenvalue weighted by atomic mass is 9.77. The van der Waals surface area contributed by atoms with Crippen molar-refractivity contribution in [3.05, 3.63) is 71.3 Å². The molecule has 8 nitrogen and oxygen atoms in total. The van der Waals surface area contributed by atoms with Crippen LogP contribution >= 0.6 is 0 Å². The van der Waals surface area contributed by atoms with Crippen molar-refractivity contribution in [3.63, 3.8) is 0 Å². The van der Waals surface area contributed by atoms with E-state index in [4.69, 9.17) is 9.47 Å². The minimum atomic E-state index is -1.02. The highest BCUT2D eigenvalue weighted by molar-refractivity contribution is 5.96. The lowest BCUT2D eigenvalue weighted by Gasteiger charge is -2.41. The van der Waals surface area contributed by atoms with Gasteiger partial charge in [-0.15, -0.1) is 0 Å². The van der Waals surface area contributed by atoms with Crippen LogP contribution in [0, 0.1) is 5.92 Å². The molecule has 2 aromatic rings. The summed E-state index contributed by atoms with van der Waals surface area (Å²) in [7, 11) is 1.63. The van der Waals surface area contributed by atoms with E-state index in [0.29, 0.717) is 24.3 Å². The number of carbonyl (C=O) groups excluding carboxylic acids is 2. The fourth-order valence-electron chi connectivity index (χ4n) is 6.15. The number of benzene rings is 2. The highest BCUT2D eigenvalue weighted by atomic mass is 16.5. The van der Waals surface area contributed by atoms with Gasteiger partial charge < -0.3 is 29.9 Å². The van der Waals surface area contributed by atoms with Crippen molar-refractivity contribution < 1.29 is 29.3 Å². The molecule has 0 radical (unpaired) electrons. The molecule has 0 spiro atoms. The van der Waals surface area contributed by atoms with E-state index < -0.39 is 24.2 Å². The second-order valence-electron chi connectivity index (χ2n) is 10.3. The molecule has 4 atom stereocenters. The number of fused-ring (bicyclic) bond motifs is 3. The summed E-state index contributed by atoms with van der Waals surface area (Å²) >= 11 is 0. The molecule has 2 aliphatic carbocycles. The first kappa shape index (κ1) is 26.3. The van der Waals surface area contributed by atoms with Gasteiger partial charge in [-0.2, -0.15) is 0 Å². The van der Waals surface area contributed by atoms with E-state index in [1.54, 1.807) is 18.1 Å². The van der Waals surface area contributed by atoms with E-state index in [9.17, 15) is 19.8 Å². The van der Waals surface area contributed by atoms with E-state index in [1.807, 2.05) is 48.5 Å². The Balaban J connectivity index is 1.51. The number of carbonyl (C=O) groups is 2. The third kappa shape index (κ3) is 5.02. The zero-order valence-electron chi connectivity index (χ0n) is 21.7. The van der Waals surface area contributed by atoms with Crippen LogP contribution in [0.3, 0.4) is 0 Å². The summed E-state index contributed by atoms with van der Waals surface area (Å²) in [5, 5.41) is 23.7. The monoisotopic (exact) mass is 520 g/mol. The van der Waals surface area contributed by atoms with Crippen molar-refractivity contribution >= 4 is 11.8 Å². The van der Waals surface area contributed by atoms with E-state index in [2.05, 4.69) is 5.32 Å². The zero-order chi connectivity index (χ0) is 26.6. The molecule has 3 N–H and O–H groups in total. The van der Waals surface area contributed by atoms with Gasteiger partial charge in [-0.3, -0.25) is 9.59 Å². The topological polar surface area (TPSA) is 108 Å². The number of hydrogen-bond donors (Lipinski definition) is 3. The number of nitrogens with one attached hydrogen (secondary N) is 1. The third-order valence-electron chi connectivity index (χ3n) is 8.04. The van der Waals surface area contributed by atoms with Gasteiger partial charge in [-0.05, 0) is 43.0 Å². The van der Waals surface area contributed by atoms with Crippen LogP contribution in [0.15, 0.2) is 60.2 Å². The van der Waals surface area contributed by atoms with Crippen molar-refractivity contribution in [3.8, 4) is 11.5 Å². The van der Waals surface area contributed by atoms with Gasteiger partial charge in [0.15, 0.2) is 0 Å². The first-order valence-electron chi connectivity index (χ1n) is 13.5. The maximum atomic E-state index is 13.9. The Hall–Kier alpha value is -3.36. The van der Waals surface area contributed by atoms with Gasteiger partial charge in [0.25, 0.3) is 0 Å². The van der Waals surface area contributed by atoms with Gasteiger partial charge in [0, 0.05) is 30.1 Å². The fraction of sp³-hybridized carbons (Fsp3) is 0.467. The van der Waals surface area contributed by atoms with Crippen LogP contribution in [0.4, 0.5) is 0 Å². The summed E-state index contributed by atoms with van der Waals surface area (Å²) in [6.07, 6.45) is 4.24. The average Bonchev–Trinajstić information content (AvgIpc) is 3.62. The zero-order valence-corrected chi connectivity index (χ0v) is 21.7. The molecule has 1 fully saturated rings. The molecule has 1 heterocycles. The summed E-state index contributed by atoms with van der Waals surface area (Å²) in [5.41, 5.74) is 2.25. The van der Waals surface area contributed by atoms with E-state index >= 15 is 0 Å². The van der Waals surface area contributed by atoms with Crippen molar-refractivity contribution in [2.45, 2.75) is 56.3 Å². The van der Waals surface area contributed by atoms with Gasteiger partial charge in [0.05, 0.1) is 25.7 Å². The van der Waals surface area contributed by atoms with Crippen LogP contribution in [0.2, 0.25) is 0 Å². The van der Waals surface area contributed by atoms with Crippen molar-refractivity contribution in [1.29, 1.82) is 0 Å². The predicted molar refractivity (Wildman–Crippen MR) is 142 cm³/mol. The number of para-hydroxylation sites is 2. The van der Waals surface area contributed by atoms with Crippen LogP contribution in [0.1, 0.15) is 42.7 Å². The normalized spacial score (nSPS) is 24.1. The Morgan fingerprint density at radius 1 is 1.11 bits per heavy atom. The van der Waals surface area contributed by atoms with Gasteiger partial charge >= 0.3 is 0 Å². The minimum Gasteiger partial charge on any atom is -0.496 e. The standard InChI is InChI=1S/C30H36N2O6/c1-37-24-12-6-4-8-19(24)14-16-32(30(36)20-9-2-3-10-20)23-18-22(29(35)31-15-17-33)26-21-11-5-7-13-25(21)38-28(26)27(23)34/h4-8,11-13,18,20,23,26-28,33-34H,2-3,9-10,14-17H2,1H3,(H,31,35). The Labute approximate surface area is 223 Å². The van der Waals surface area contributed by atoms with Crippen LogP contribution in [-0.4, -0.2) is 72.0 Å². The molecule has 4 unspecified atom stereocenters. The Morgan fingerprint density at radius 3 is 2.61 bits per heavy atom. The molecule has 1 aliphatic heterocycles. The number of hydrogen-bond acceptors (Lipinski definition) is 6. The summed E-state index contributed by atoms with van der Waals surface area (Å²) in [5.74, 6) is 0.490. The SMILES string of the molecule is COc1ccccc1CCN(C(=O)C1CCCC1)C1C=C(C(=O)NCCO)C2c3ccccc3OC2C1O. The van der Waals surface area contributed by atoms with Crippen LogP contribution < -0.4 is 14.8 Å². The quantitative estimate of drug-likeness (QED) is 0.469. The average molecular weight is 521 g/mol. The molecule has 2 amide bonds. The minimum absolute atomic E-state index is 0.00164. The van der Waals surface area contributed by atoms with Crippen molar-refractivity contribution in [1.82, 2.24) is 10.2 Å². The van der Waals surface area contributed by atoms with Gasteiger partial charge in [0.1, 0.15) is 23.7 Å². The van der Waals surface area contributed by atoms with Gasteiger partial charge in [-0.25, -0.2) is 0 Å². The molecule has 3 aliphatic rings. The van der Waals surface area contributed by atoms with E-state index in [1.165, 1.54) is 0 Å². The number of amides is 2. The smallest absolute Gasteiger partial charge is 0.247 e. The lowest BCUT2D eigenvalue weighted by molar-refractivity contribution is -0.141. The number of aliphatic hydroxyl groups is 2. The van der Waals surface area contributed by atoms with Gasteiger partial charge in [0.2, 0.25) is 11.8 Å². The Kier molecular flexibility index (Phi) is 8.00. The molecule has 38 heavy (non-hydrogen) atoms. The first-order chi connectivity index (χ1) is 18.5. The molecule has 8 heteroatoms. The number of aliphatic hydroxyl groups excluding tert-OH is 2. The molecule has 1 saturated carbocycles. The second-order valence-corrected chi connectivity index (χ2v) is 10.3. The number of ether oxygens (including phenoxy) is 2. The van der Waals surface area contributed by atoms with E-state index in [0.717, 1.165) is 42.6 Å². The van der Waals surface area contributed by atoms with E-state index in [-0.39, 0.29) is 30.9 Å². The molecule has 5 rings (SSSR count). The Morgan fingerprint density at radius 2 is 1.84 bits per heavy atom. The predicted octanol–water partition coefficient (Wildman–Crippen LogP) is 2.58. The summed E-state index contributed by atoms with van der Waals surface area (Å²) in [6.45, 7) is 0.295. The molecular formula is C30H36N2O6. The van der Waals surface area contributed by atoms with Gasteiger partial charge in [-0.1, -0.05) is 49.2 Å². The second kappa shape index (κ2) is 11.6. The molecule has 0 bridgehead atoms. The number of methoxy groups -OCH3 is 1. The lowest BCUT2D eigenvalue weighted by Crippen LogP contribution is -2.57. The van der Waals surface area contributed by atoms with Crippen LogP contribution in [0.5, 0.6) is 11.5 Å². The molecule has 202 valence electrons. The fourth-order valence-corrected chi connectivity index (χ4v) is 6.15. The van der Waals surface area contributed by atoms with Crippen molar-refractivity contribution in [2.75, 3.05) is 26.8 Å². The molecule has 0 aromatic heterocycles. The highest BCUT2D eigenvalue weighted by Crippen LogP contribution is 2.47. The van der Waals surface area contributed by atoms with Crippen LogP contribution in [-0.2, 0) is 16.0 Å². The highest BCUT2D eigenvalue weighted by Gasteiger charge is 2.50. The summed E-state index contributed by atoms with van der Waals surface area (Å²) in [4.78, 5) is 29.0. The first-order valence-corrected chi connectivity index (χ1v) is 13.5. The van der Waals surface area contributed by atoms with Crippen molar-refractivity contribution in [2.24, 2.45) is 5.92 Å². The maximum absolute atomic E-state index is 13.9. The maximum Gasteiger partial charge on any atom is 0.247 e. The number of nitrogens with zero attached hydrogens (tertiary/aromatic N) is 1. The Bertz CT molecular complexity index is 1190. The molecule has 0 saturated heterocycles. The summed E-state index contributed by atoms with van der Waals surface area (Å²) < 4.78 is 11.7. The molecule has 2 aromatic carbocycles.